The molecule has 0 fully saturated rings. The van der Waals surface area contributed by atoms with Gasteiger partial charge in [-0.25, -0.2) is 14.5 Å². The number of nitrogens with zero attached hydrogens (tertiary/aromatic N) is 4. The molecule has 3 heterocycles. The predicted octanol–water partition coefficient (Wildman–Crippen LogP) is 9.14. The fourth-order valence-corrected chi connectivity index (χ4v) is 6.50. The fraction of sp³-hybridized carbons (Fsp3) is 0. The summed E-state index contributed by atoms with van der Waals surface area (Å²) in [5, 5.41) is 22.7. The molecule has 7 heteroatoms. The van der Waals surface area contributed by atoms with E-state index in [1.165, 1.54) is 11.3 Å². The number of hydrogen-bond acceptors (Lipinski definition) is 6. The zero-order valence-corrected chi connectivity index (χ0v) is 24.5. The molecule has 0 unspecified atom stereocenters. The van der Waals surface area contributed by atoms with Gasteiger partial charge >= 0.3 is 5.63 Å². The zero-order chi connectivity index (χ0) is 30.3. The Hall–Kier alpha value is -6.10. The van der Waals surface area contributed by atoms with Crippen molar-refractivity contribution in [1.82, 2.24) is 14.8 Å². The second kappa shape index (κ2) is 10.9. The van der Waals surface area contributed by atoms with Crippen LogP contribution in [0.2, 0.25) is 0 Å². The second-order valence-corrected chi connectivity index (χ2v) is 11.5. The van der Waals surface area contributed by atoms with Crippen LogP contribution in [-0.2, 0) is 0 Å². The van der Waals surface area contributed by atoms with Gasteiger partial charge in [-0.15, -0.1) is 11.3 Å². The summed E-state index contributed by atoms with van der Waals surface area (Å²) in [4.78, 5) is 17.8. The first-order valence-corrected chi connectivity index (χ1v) is 15.2. The lowest BCUT2D eigenvalue weighted by Gasteiger charge is -2.05. The van der Waals surface area contributed by atoms with Crippen molar-refractivity contribution in [3.8, 4) is 34.3 Å². The van der Waals surface area contributed by atoms with Gasteiger partial charge in [-0.1, -0.05) is 91.0 Å². The molecule has 0 aliphatic carbocycles. The summed E-state index contributed by atoms with van der Waals surface area (Å²) in [6, 6.07) is 40.1. The molecular weight excluding hydrogens is 577 g/mol. The normalized spacial score (nSPS) is 11.8. The second-order valence-electron chi connectivity index (χ2n) is 10.6. The lowest BCUT2D eigenvalue weighted by Crippen LogP contribution is -2.03. The van der Waals surface area contributed by atoms with Crippen molar-refractivity contribution < 1.29 is 4.42 Å². The van der Waals surface area contributed by atoms with E-state index in [0.717, 1.165) is 49.4 Å². The largest absolute Gasteiger partial charge is 0.422 e. The van der Waals surface area contributed by atoms with Gasteiger partial charge in [0.05, 0.1) is 22.5 Å². The number of para-hydroxylation sites is 1. The van der Waals surface area contributed by atoms with Crippen LogP contribution in [-0.4, -0.2) is 14.8 Å². The van der Waals surface area contributed by atoms with Crippen LogP contribution in [0.5, 0.6) is 0 Å². The maximum Gasteiger partial charge on any atom is 0.345 e. The first-order valence-electron chi connectivity index (χ1n) is 14.3. The molecular formula is C38H22N4O2S. The van der Waals surface area contributed by atoms with E-state index in [2.05, 4.69) is 24.3 Å². The first-order chi connectivity index (χ1) is 22.2. The smallest absolute Gasteiger partial charge is 0.345 e. The van der Waals surface area contributed by atoms with E-state index >= 15 is 0 Å². The highest BCUT2D eigenvalue weighted by Gasteiger charge is 2.18. The summed E-state index contributed by atoms with van der Waals surface area (Å²) in [6.07, 6.45) is 3.75. The molecule has 0 aliphatic rings. The quantitative estimate of drug-likeness (QED) is 0.112. The summed E-state index contributed by atoms with van der Waals surface area (Å²) in [6.45, 7) is 0. The van der Waals surface area contributed by atoms with Crippen molar-refractivity contribution >= 4 is 55.5 Å². The van der Waals surface area contributed by atoms with Crippen molar-refractivity contribution in [2.24, 2.45) is 0 Å². The van der Waals surface area contributed by atoms with Crippen LogP contribution in [0.15, 0.2) is 136 Å². The van der Waals surface area contributed by atoms with Gasteiger partial charge in [0.15, 0.2) is 0 Å². The molecule has 5 aromatic carbocycles. The van der Waals surface area contributed by atoms with Crippen molar-refractivity contribution in [3.05, 3.63) is 148 Å². The highest BCUT2D eigenvalue weighted by molar-refractivity contribution is 7.11. The number of nitriles is 1. The molecule has 0 aliphatic heterocycles. The topological polar surface area (TPSA) is 84.7 Å². The molecule has 3 aromatic heterocycles. The van der Waals surface area contributed by atoms with E-state index < -0.39 is 5.63 Å². The number of allylic oxidation sites excluding steroid dienone is 1. The Morgan fingerprint density at radius 1 is 0.800 bits per heavy atom. The molecule has 0 N–H and O–H groups in total. The van der Waals surface area contributed by atoms with Gasteiger partial charge < -0.3 is 4.42 Å². The monoisotopic (exact) mass is 598 g/mol. The molecule has 0 atom stereocenters. The van der Waals surface area contributed by atoms with Gasteiger partial charge in [0.1, 0.15) is 22.4 Å². The number of rotatable bonds is 5. The van der Waals surface area contributed by atoms with Crippen LogP contribution in [0, 0.1) is 11.3 Å². The standard InChI is InChI=1S/C38H22N4O2S/c39-21-26(37-40-34(23-45-37)33-20-32-30-15-7-5-10-25(30)17-18-35(32)44-38(33)43)19-27-22-42(28-12-2-1-3-13-28)41-36(27)31-16-8-11-24-9-4-6-14-29(24)31/h1-20,22-23H/b26-19+. The van der Waals surface area contributed by atoms with Crippen LogP contribution in [0.1, 0.15) is 10.6 Å². The molecule has 0 amide bonds. The van der Waals surface area contributed by atoms with Crippen molar-refractivity contribution in [2.75, 3.05) is 0 Å². The maximum absolute atomic E-state index is 13.1. The Morgan fingerprint density at radius 2 is 1.53 bits per heavy atom. The molecule has 0 saturated carbocycles. The average molecular weight is 599 g/mol. The van der Waals surface area contributed by atoms with E-state index in [1.807, 2.05) is 114 Å². The molecule has 0 spiro atoms. The Morgan fingerprint density at radius 3 is 2.36 bits per heavy atom. The Labute approximate surface area is 261 Å². The van der Waals surface area contributed by atoms with Gasteiger partial charge in [0.25, 0.3) is 0 Å². The van der Waals surface area contributed by atoms with Crippen molar-refractivity contribution in [2.45, 2.75) is 0 Å². The number of hydrogen-bond donors (Lipinski definition) is 0. The first kappa shape index (κ1) is 26.5. The third kappa shape index (κ3) is 4.70. The van der Waals surface area contributed by atoms with Crippen molar-refractivity contribution in [1.29, 1.82) is 5.26 Å². The number of fused-ring (bicyclic) bond motifs is 4. The van der Waals surface area contributed by atoms with E-state index in [0.29, 0.717) is 27.4 Å². The van der Waals surface area contributed by atoms with E-state index in [9.17, 15) is 10.1 Å². The predicted molar refractivity (Wildman–Crippen MR) is 181 cm³/mol. The number of benzene rings is 5. The summed E-state index contributed by atoms with van der Waals surface area (Å²) >= 11 is 1.31. The van der Waals surface area contributed by atoms with Crippen LogP contribution >= 0.6 is 11.3 Å². The van der Waals surface area contributed by atoms with Gasteiger partial charge in [0, 0.05) is 28.1 Å². The van der Waals surface area contributed by atoms with E-state index in [1.54, 1.807) is 5.38 Å². The molecule has 212 valence electrons. The van der Waals surface area contributed by atoms with Gasteiger partial charge in [-0.2, -0.15) is 10.4 Å². The number of aromatic nitrogens is 3. The minimum atomic E-state index is -0.473. The summed E-state index contributed by atoms with van der Waals surface area (Å²) in [7, 11) is 0. The molecule has 6 nitrogen and oxygen atoms in total. The lowest BCUT2D eigenvalue weighted by molar-refractivity contribution is 0.563. The van der Waals surface area contributed by atoms with Crippen LogP contribution in [0.25, 0.3) is 72.4 Å². The van der Waals surface area contributed by atoms with Gasteiger partial charge in [0.2, 0.25) is 0 Å². The fourth-order valence-electron chi connectivity index (χ4n) is 5.72. The van der Waals surface area contributed by atoms with Gasteiger partial charge in [-0.3, -0.25) is 0 Å². The molecule has 0 radical (unpaired) electrons. The third-order valence-electron chi connectivity index (χ3n) is 7.88. The van der Waals surface area contributed by atoms with Crippen molar-refractivity contribution in [3.63, 3.8) is 0 Å². The third-order valence-corrected chi connectivity index (χ3v) is 8.76. The van der Waals surface area contributed by atoms with E-state index in [-0.39, 0.29) is 0 Å². The lowest BCUT2D eigenvalue weighted by atomic mass is 9.99. The Kier molecular flexibility index (Phi) is 6.41. The maximum atomic E-state index is 13.1. The minimum absolute atomic E-state index is 0.354. The molecule has 8 aromatic rings. The van der Waals surface area contributed by atoms with Crippen LogP contribution in [0.4, 0.5) is 0 Å². The van der Waals surface area contributed by atoms with Gasteiger partial charge in [-0.05, 0) is 51.9 Å². The Bertz CT molecular complexity index is 2530. The molecule has 0 saturated heterocycles. The molecule has 45 heavy (non-hydrogen) atoms. The highest BCUT2D eigenvalue weighted by atomic mass is 32.1. The van der Waals surface area contributed by atoms with E-state index in [4.69, 9.17) is 14.5 Å². The SMILES string of the molecule is N#C/C(=C\c1cn(-c2ccccc2)nc1-c1cccc2ccccc12)c1nc(-c2cc3c(ccc4ccccc43)oc2=O)cs1. The summed E-state index contributed by atoms with van der Waals surface area (Å²) in [5.74, 6) is 0. The average Bonchev–Trinajstić information content (AvgIpc) is 3.75. The summed E-state index contributed by atoms with van der Waals surface area (Å²) in [5.41, 5.74) is 4.64. The van der Waals surface area contributed by atoms with Crippen LogP contribution in [0.3, 0.4) is 0 Å². The van der Waals surface area contributed by atoms with Crippen LogP contribution < -0.4 is 5.63 Å². The summed E-state index contributed by atoms with van der Waals surface area (Å²) < 4.78 is 7.54. The minimum Gasteiger partial charge on any atom is -0.422 e. The number of thiazole rings is 1. The molecule has 0 bridgehead atoms. The Balaban J connectivity index is 1.26. The highest BCUT2D eigenvalue weighted by Crippen LogP contribution is 2.34. The zero-order valence-electron chi connectivity index (χ0n) is 23.7. The molecule has 8 rings (SSSR count).